The van der Waals surface area contributed by atoms with Crippen molar-refractivity contribution in [3.63, 3.8) is 0 Å². The largest absolute Gasteiger partial charge is 0.378 e. The van der Waals surface area contributed by atoms with E-state index in [4.69, 9.17) is 11.6 Å². The van der Waals surface area contributed by atoms with E-state index in [1.165, 1.54) is 0 Å². The zero-order valence-corrected chi connectivity index (χ0v) is 11.0. The summed E-state index contributed by atoms with van der Waals surface area (Å²) in [7, 11) is 0. The molecule has 2 aromatic rings. The Kier molecular flexibility index (Phi) is 3.82. The summed E-state index contributed by atoms with van der Waals surface area (Å²) in [5.41, 5.74) is 2.41. The molecule has 0 radical (unpaired) electrons. The molecule has 18 heavy (non-hydrogen) atoms. The van der Waals surface area contributed by atoms with Crippen LogP contribution in [0.5, 0.6) is 0 Å². The molecule has 0 saturated carbocycles. The Morgan fingerprint density at radius 2 is 2.06 bits per heavy atom. The van der Waals surface area contributed by atoms with Gasteiger partial charge in [-0.15, -0.1) is 0 Å². The predicted octanol–water partition coefficient (Wildman–Crippen LogP) is 4.36. The number of aryl methyl sites for hydroxylation is 1. The Hall–Kier alpha value is -1.61. The van der Waals surface area contributed by atoms with Crippen LogP contribution in [0.25, 0.3) is 0 Å². The Balaban J connectivity index is 2.16. The first-order valence-corrected chi connectivity index (χ1v) is 6.08. The van der Waals surface area contributed by atoms with E-state index < -0.39 is 0 Å². The van der Waals surface area contributed by atoms with Crippen molar-refractivity contribution in [1.29, 1.82) is 0 Å². The van der Waals surface area contributed by atoms with Gasteiger partial charge in [-0.1, -0.05) is 23.7 Å². The van der Waals surface area contributed by atoms with Gasteiger partial charge in [0.15, 0.2) is 0 Å². The maximum Gasteiger partial charge on any atom is 0.131 e. The number of aromatic nitrogens is 1. The van der Waals surface area contributed by atoms with Crippen LogP contribution in [0.1, 0.15) is 24.1 Å². The highest BCUT2D eigenvalue weighted by Gasteiger charge is 2.08. The van der Waals surface area contributed by atoms with E-state index in [0.717, 1.165) is 11.3 Å². The number of hydrogen-bond donors (Lipinski definition) is 1. The van der Waals surface area contributed by atoms with Gasteiger partial charge in [0.05, 0.1) is 0 Å². The van der Waals surface area contributed by atoms with Gasteiger partial charge in [0.25, 0.3) is 0 Å². The fraction of sp³-hybridized carbons (Fsp3) is 0.214. The third kappa shape index (κ3) is 2.99. The Bertz CT molecular complexity index is 557. The lowest BCUT2D eigenvalue weighted by Crippen LogP contribution is -2.07. The van der Waals surface area contributed by atoms with E-state index in [-0.39, 0.29) is 11.9 Å². The molecule has 1 N–H and O–H groups in total. The van der Waals surface area contributed by atoms with E-state index in [2.05, 4.69) is 10.3 Å². The molecule has 0 saturated heterocycles. The lowest BCUT2D eigenvalue weighted by molar-refractivity contribution is 0.614. The molecule has 0 aliphatic rings. The van der Waals surface area contributed by atoms with Crippen molar-refractivity contribution in [3.8, 4) is 0 Å². The fourth-order valence-corrected chi connectivity index (χ4v) is 1.88. The van der Waals surface area contributed by atoms with Crippen LogP contribution in [-0.4, -0.2) is 4.98 Å². The normalized spacial score (nSPS) is 12.2. The number of nitrogens with zero attached hydrogens (tertiary/aromatic N) is 1. The minimum Gasteiger partial charge on any atom is -0.378 e. The van der Waals surface area contributed by atoms with Crippen molar-refractivity contribution < 1.29 is 4.39 Å². The molecular weight excluding hydrogens is 251 g/mol. The summed E-state index contributed by atoms with van der Waals surface area (Å²) in [6.45, 7) is 3.72. The van der Waals surface area contributed by atoms with Gasteiger partial charge >= 0.3 is 0 Å². The second-order valence-corrected chi connectivity index (χ2v) is 4.63. The molecule has 2 rings (SSSR count). The Morgan fingerprint density at radius 1 is 1.28 bits per heavy atom. The number of halogens is 2. The molecule has 4 heteroatoms. The lowest BCUT2D eigenvalue weighted by atomic mass is 10.1. The van der Waals surface area contributed by atoms with Crippen LogP contribution in [0.4, 0.5) is 10.1 Å². The zero-order chi connectivity index (χ0) is 13.1. The van der Waals surface area contributed by atoms with Crippen LogP contribution >= 0.6 is 11.6 Å². The molecule has 0 aliphatic heterocycles. The molecule has 0 amide bonds. The molecule has 1 atom stereocenters. The summed E-state index contributed by atoms with van der Waals surface area (Å²) >= 11 is 5.81. The van der Waals surface area contributed by atoms with E-state index in [1.807, 2.05) is 19.1 Å². The topological polar surface area (TPSA) is 24.9 Å². The van der Waals surface area contributed by atoms with E-state index in [1.54, 1.807) is 31.3 Å². The highest BCUT2D eigenvalue weighted by molar-refractivity contribution is 6.29. The predicted molar refractivity (Wildman–Crippen MR) is 72.4 cm³/mol. The first-order chi connectivity index (χ1) is 8.56. The number of benzene rings is 1. The second-order valence-electron chi connectivity index (χ2n) is 4.24. The van der Waals surface area contributed by atoms with Crippen molar-refractivity contribution in [2.45, 2.75) is 19.9 Å². The molecule has 0 bridgehead atoms. The van der Waals surface area contributed by atoms with Gasteiger partial charge in [-0.25, -0.2) is 9.37 Å². The molecule has 1 aromatic heterocycles. The molecular formula is C14H14ClFN2. The van der Waals surface area contributed by atoms with Gasteiger partial charge < -0.3 is 5.32 Å². The summed E-state index contributed by atoms with van der Waals surface area (Å²) in [6.07, 6.45) is 1.63. The van der Waals surface area contributed by atoms with Crippen molar-refractivity contribution in [1.82, 2.24) is 4.98 Å². The van der Waals surface area contributed by atoms with Crippen LogP contribution in [0.3, 0.4) is 0 Å². The van der Waals surface area contributed by atoms with Crippen molar-refractivity contribution in [2.24, 2.45) is 0 Å². The fourth-order valence-electron chi connectivity index (χ4n) is 1.70. The van der Waals surface area contributed by atoms with E-state index in [0.29, 0.717) is 10.7 Å². The molecule has 0 spiro atoms. The van der Waals surface area contributed by atoms with Crippen molar-refractivity contribution in [3.05, 3.63) is 58.6 Å². The smallest absolute Gasteiger partial charge is 0.131 e. The number of hydrogen-bond acceptors (Lipinski definition) is 2. The average Bonchev–Trinajstić information content (AvgIpc) is 2.32. The molecule has 1 unspecified atom stereocenters. The number of nitrogens with one attached hydrogen (secondary N) is 1. The highest BCUT2D eigenvalue weighted by atomic mass is 35.5. The van der Waals surface area contributed by atoms with E-state index in [9.17, 15) is 4.39 Å². The maximum atomic E-state index is 13.5. The summed E-state index contributed by atoms with van der Waals surface area (Å²) in [5.74, 6) is -0.186. The van der Waals surface area contributed by atoms with Crippen molar-refractivity contribution in [2.75, 3.05) is 5.32 Å². The van der Waals surface area contributed by atoms with Gasteiger partial charge in [0, 0.05) is 17.9 Å². The monoisotopic (exact) mass is 264 g/mol. The van der Waals surface area contributed by atoms with Crippen LogP contribution in [-0.2, 0) is 0 Å². The van der Waals surface area contributed by atoms with Crippen LogP contribution in [0.2, 0.25) is 5.15 Å². The molecule has 2 nitrogen and oxygen atoms in total. The van der Waals surface area contributed by atoms with Crippen LogP contribution in [0.15, 0.2) is 36.5 Å². The molecule has 0 aliphatic carbocycles. The summed E-state index contributed by atoms with van der Waals surface area (Å²) < 4.78 is 13.5. The maximum absolute atomic E-state index is 13.5. The quantitative estimate of drug-likeness (QED) is 0.834. The summed E-state index contributed by atoms with van der Waals surface area (Å²) in [5, 5.41) is 3.69. The van der Waals surface area contributed by atoms with Gasteiger partial charge in [-0.3, -0.25) is 0 Å². The highest BCUT2D eigenvalue weighted by Crippen LogP contribution is 2.22. The summed E-state index contributed by atoms with van der Waals surface area (Å²) in [4.78, 5) is 3.91. The summed E-state index contributed by atoms with van der Waals surface area (Å²) in [6, 6.07) is 8.81. The lowest BCUT2D eigenvalue weighted by Gasteiger charge is -2.16. The van der Waals surface area contributed by atoms with Crippen LogP contribution < -0.4 is 5.32 Å². The SMILES string of the molecule is Cc1ccc(C(C)Nc2ccnc(Cl)c2)cc1F. The minimum atomic E-state index is -0.186. The minimum absolute atomic E-state index is 0.00133. The van der Waals surface area contributed by atoms with Gasteiger partial charge in [-0.05, 0) is 43.2 Å². The number of anilines is 1. The third-order valence-electron chi connectivity index (χ3n) is 2.81. The third-order valence-corrected chi connectivity index (χ3v) is 3.01. The molecule has 0 fully saturated rings. The second kappa shape index (κ2) is 5.36. The van der Waals surface area contributed by atoms with Gasteiger partial charge in [-0.2, -0.15) is 0 Å². The zero-order valence-electron chi connectivity index (χ0n) is 10.2. The van der Waals surface area contributed by atoms with Crippen LogP contribution in [0, 0.1) is 12.7 Å². The Morgan fingerprint density at radius 3 is 2.72 bits per heavy atom. The first kappa shape index (κ1) is 12.8. The number of pyridine rings is 1. The Labute approximate surface area is 111 Å². The van der Waals surface area contributed by atoms with Gasteiger partial charge in [0.2, 0.25) is 0 Å². The van der Waals surface area contributed by atoms with Gasteiger partial charge in [0.1, 0.15) is 11.0 Å². The number of rotatable bonds is 3. The van der Waals surface area contributed by atoms with Crippen molar-refractivity contribution >= 4 is 17.3 Å². The standard InChI is InChI=1S/C14H14ClFN2/c1-9-3-4-11(7-13(9)16)10(2)18-12-5-6-17-14(15)8-12/h3-8,10H,1-2H3,(H,17,18). The molecule has 1 aromatic carbocycles. The molecule has 1 heterocycles. The average molecular weight is 265 g/mol. The van der Waals surface area contributed by atoms with E-state index >= 15 is 0 Å². The molecule has 94 valence electrons. The first-order valence-electron chi connectivity index (χ1n) is 5.70.